The van der Waals surface area contributed by atoms with Gasteiger partial charge in [0.2, 0.25) is 0 Å². The average Bonchev–Trinajstić information content (AvgIpc) is 2.88. The van der Waals surface area contributed by atoms with E-state index in [-0.39, 0.29) is 30.2 Å². The number of aromatic hydroxyl groups is 1. The molecule has 134 valence electrons. The van der Waals surface area contributed by atoms with Crippen LogP contribution in [0.4, 0.5) is 0 Å². The van der Waals surface area contributed by atoms with Gasteiger partial charge in [-0.15, -0.1) is 0 Å². The first-order valence-corrected chi connectivity index (χ1v) is 8.19. The lowest BCUT2D eigenvalue weighted by atomic mass is 9.95. The van der Waals surface area contributed by atoms with E-state index in [1.807, 2.05) is 6.92 Å². The number of carbonyl (C=O) groups excluding carboxylic acids is 2. The maximum Gasteiger partial charge on any atom is 0.295 e. The molecule has 3 N–H and O–H groups in total. The number of aliphatic hydroxyl groups is 2. The van der Waals surface area contributed by atoms with Crippen LogP contribution >= 0.6 is 0 Å². The lowest BCUT2D eigenvalue weighted by Gasteiger charge is -2.24. The zero-order valence-corrected chi connectivity index (χ0v) is 14.2. The lowest BCUT2D eigenvalue weighted by Crippen LogP contribution is -2.32. The van der Waals surface area contributed by atoms with E-state index in [4.69, 9.17) is 0 Å². The number of hydrogen-bond donors (Lipinski definition) is 3. The molecule has 1 atom stereocenters. The molecule has 0 aliphatic carbocycles. The number of aliphatic hydroxyl groups excluding tert-OH is 2. The molecule has 1 fully saturated rings. The topological polar surface area (TPSA) is 98.1 Å². The molecule has 1 heterocycles. The number of hydrogen-bond acceptors (Lipinski definition) is 5. The van der Waals surface area contributed by atoms with Crippen LogP contribution in [-0.2, 0) is 9.59 Å². The van der Waals surface area contributed by atoms with Crippen LogP contribution in [0.5, 0.6) is 5.75 Å². The van der Waals surface area contributed by atoms with E-state index in [0.717, 1.165) is 5.56 Å². The molecule has 3 rings (SSSR count). The third-order valence-corrected chi connectivity index (χ3v) is 4.41. The van der Waals surface area contributed by atoms with Crippen molar-refractivity contribution in [1.29, 1.82) is 0 Å². The van der Waals surface area contributed by atoms with E-state index in [1.165, 1.54) is 17.0 Å². The molecule has 26 heavy (non-hydrogen) atoms. The van der Waals surface area contributed by atoms with E-state index >= 15 is 0 Å². The number of rotatable bonds is 4. The summed E-state index contributed by atoms with van der Waals surface area (Å²) in [6.45, 7) is 1.55. The van der Waals surface area contributed by atoms with E-state index in [0.29, 0.717) is 11.1 Å². The molecule has 0 spiro atoms. The molecule has 1 amide bonds. The number of ketones is 1. The van der Waals surface area contributed by atoms with Crippen LogP contribution in [0.3, 0.4) is 0 Å². The smallest absolute Gasteiger partial charge is 0.295 e. The SMILES string of the molecule is Cc1ccc(C(O)=C2C(=O)C(=O)N(CCO)C2c2ccc(O)cc2)cc1. The first kappa shape index (κ1) is 17.7. The number of carbonyl (C=O) groups is 2. The molecule has 0 aromatic heterocycles. The molecule has 6 heteroatoms. The van der Waals surface area contributed by atoms with Gasteiger partial charge >= 0.3 is 0 Å². The minimum absolute atomic E-state index is 0.0296. The minimum atomic E-state index is -0.830. The van der Waals surface area contributed by atoms with Gasteiger partial charge in [-0.3, -0.25) is 9.59 Å². The summed E-state index contributed by atoms with van der Waals surface area (Å²) in [4.78, 5) is 26.2. The van der Waals surface area contributed by atoms with E-state index < -0.39 is 17.7 Å². The summed E-state index contributed by atoms with van der Waals surface area (Å²) < 4.78 is 0. The van der Waals surface area contributed by atoms with Crippen molar-refractivity contribution >= 4 is 17.4 Å². The van der Waals surface area contributed by atoms with Gasteiger partial charge in [0.25, 0.3) is 11.7 Å². The Morgan fingerprint density at radius 1 is 1.04 bits per heavy atom. The fourth-order valence-electron chi connectivity index (χ4n) is 3.09. The van der Waals surface area contributed by atoms with Crippen LogP contribution in [0.1, 0.15) is 22.7 Å². The van der Waals surface area contributed by atoms with Crippen molar-refractivity contribution in [2.24, 2.45) is 0 Å². The van der Waals surface area contributed by atoms with Gasteiger partial charge in [-0.1, -0.05) is 42.0 Å². The molecule has 0 saturated carbocycles. The van der Waals surface area contributed by atoms with Gasteiger partial charge in [0.15, 0.2) is 0 Å². The second-order valence-electron chi connectivity index (χ2n) is 6.17. The molecular formula is C20H19NO5. The highest BCUT2D eigenvalue weighted by molar-refractivity contribution is 6.46. The number of β-amino-alcohol motifs (C(OH)–C–C–N with tert-alkyl or cyclic N) is 1. The van der Waals surface area contributed by atoms with Gasteiger partial charge in [-0.25, -0.2) is 0 Å². The number of amides is 1. The molecule has 0 bridgehead atoms. The zero-order chi connectivity index (χ0) is 18.8. The largest absolute Gasteiger partial charge is 0.508 e. The Hall–Kier alpha value is -3.12. The Bertz CT molecular complexity index is 868. The molecule has 0 radical (unpaired) electrons. The zero-order valence-electron chi connectivity index (χ0n) is 14.2. The fraction of sp³-hybridized carbons (Fsp3) is 0.200. The van der Waals surface area contributed by atoms with Crippen LogP contribution in [0.15, 0.2) is 54.1 Å². The summed E-state index contributed by atoms with van der Waals surface area (Å²) in [7, 11) is 0. The molecule has 1 aliphatic heterocycles. The summed E-state index contributed by atoms with van der Waals surface area (Å²) in [6, 6.07) is 12.2. The molecule has 1 aliphatic rings. The standard InChI is InChI=1S/C20H19NO5/c1-12-2-4-14(5-3-12)18(24)16-17(13-6-8-15(23)9-7-13)21(10-11-22)20(26)19(16)25/h2-9,17,22-24H,10-11H2,1H3. The van der Waals surface area contributed by atoms with Crippen LogP contribution in [-0.4, -0.2) is 45.1 Å². The van der Waals surface area contributed by atoms with Crippen LogP contribution in [0, 0.1) is 6.92 Å². The van der Waals surface area contributed by atoms with Gasteiger partial charge in [0.05, 0.1) is 18.2 Å². The number of phenols is 1. The first-order valence-electron chi connectivity index (χ1n) is 8.19. The highest BCUT2D eigenvalue weighted by Gasteiger charge is 2.45. The van der Waals surface area contributed by atoms with E-state index in [1.54, 1.807) is 36.4 Å². The summed E-state index contributed by atoms with van der Waals surface area (Å²) in [5, 5.41) is 29.5. The Labute approximate surface area is 150 Å². The van der Waals surface area contributed by atoms with Gasteiger partial charge in [-0.05, 0) is 24.6 Å². The van der Waals surface area contributed by atoms with Crippen molar-refractivity contribution < 1.29 is 24.9 Å². The van der Waals surface area contributed by atoms with Gasteiger partial charge in [0, 0.05) is 12.1 Å². The number of nitrogens with zero attached hydrogens (tertiary/aromatic N) is 1. The fourth-order valence-corrected chi connectivity index (χ4v) is 3.09. The highest BCUT2D eigenvalue weighted by atomic mass is 16.3. The van der Waals surface area contributed by atoms with Crippen LogP contribution in [0.25, 0.3) is 5.76 Å². The predicted octanol–water partition coefficient (Wildman–Crippen LogP) is 2.11. The third-order valence-electron chi connectivity index (χ3n) is 4.41. The molecule has 2 aromatic rings. The van der Waals surface area contributed by atoms with Gasteiger partial charge < -0.3 is 20.2 Å². The highest BCUT2D eigenvalue weighted by Crippen LogP contribution is 2.39. The minimum Gasteiger partial charge on any atom is -0.508 e. The Balaban J connectivity index is 2.17. The van der Waals surface area contributed by atoms with E-state index in [2.05, 4.69) is 0 Å². The van der Waals surface area contributed by atoms with Gasteiger partial charge in [0.1, 0.15) is 11.5 Å². The number of Topliss-reactive ketones (excluding diaryl/α,β-unsaturated/α-hetero) is 1. The Kier molecular flexibility index (Phi) is 4.77. The molecule has 1 saturated heterocycles. The molecule has 2 aromatic carbocycles. The second kappa shape index (κ2) is 7.01. The van der Waals surface area contributed by atoms with Crippen molar-refractivity contribution in [1.82, 2.24) is 4.90 Å². The van der Waals surface area contributed by atoms with Crippen molar-refractivity contribution in [2.45, 2.75) is 13.0 Å². The first-order chi connectivity index (χ1) is 12.4. The number of benzene rings is 2. The molecule has 6 nitrogen and oxygen atoms in total. The molecular weight excluding hydrogens is 334 g/mol. The van der Waals surface area contributed by atoms with E-state index in [9.17, 15) is 24.9 Å². The van der Waals surface area contributed by atoms with Crippen LogP contribution < -0.4 is 0 Å². The Morgan fingerprint density at radius 2 is 1.65 bits per heavy atom. The quantitative estimate of drug-likeness (QED) is 0.444. The van der Waals surface area contributed by atoms with Crippen molar-refractivity contribution in [3.05, 3.63) is 70.8 Å². The average molecular weight is 353 g/mol. The Morgan fingerprint density at radius 3 is 2.23 bits per heavy atom. The maximum atomic E-state index is 12.6. The normalized spacial score (nSPS) is 19.2. The predicted molar refractivity (Wildman–Crippen MR) is 95.4 cm³/mol. The number of aryl methyl sites for hydroxylation is 1. The van der Waals surface area contributed by atoms with Gasteiger partial charge in [-0.2, -0.15) is 0 Å². The number of phenolic OH excluding ortho intramolecular Hbond substituents is 1. The van der Waals surface area contributed by atoms with Crippen molar-refractivity contribution in [3.8, 4) is 5.75 Å². The lowest BCUT2D eigenvalue weighted by molar-refractivity contribution is -0.140. The second-order valence-corrected chi connectivity index (χ2v) is 6.17. The van der Waals surface area contributed by atoms with Crippen molar-refractivity contribution in [3.63, 3.8) is 0 Å². The monoisotopic (exact) mass is 353 g/mol. The third kappa shape index (κ3) is 3.07. The summed E-state index contributed by atoms with van der Waals surface area (Å²) in [5.41, 5.74) is 1.96. The molecule has 1 unspecified atom stereocenters. The number of likely N-dealkylation sites (tertiary alicyclic amines) is 1. The van der Waals surface area contributed by atoms with Crippen molar-refractivity contribution in [2.75, 3.05) is 13.2 Å². The van der Waals surface area contributed by atoms with Crippen LogP contribution in [0.2, 0.25) is 0 Å². The summed E-state index contributed by atoms with van der Waals surface area (Å²) in [6.07, 6.45) is 0. The summed E-state index contributed by atoms with van der Waals surface area (Å²) in [5.74, 6) is -1.78. The maximum absolute atomic E-state index is 12.6. The summed E-state index contributed by atoms with van der Waals surface area (Å²) >= 11 is 0.